The van der Waals surface area contributed by atoms with Gasteiger partial charge in [-0.3, -0.25) is 9.59 Å². The number of rotatable bonds is 16. The Morgan fingerprint density at radius 2 is 1.62 bits per heavy atom. The third kappa shape index (κ3) is 11.4. The van der Waals surface area contributed by atoms with Gasteiger partial charge in [0.2, 0.25) is 11.8 Å². The van der Waals surface area contributed by atoms with E-state index in [9.17, 15) is 22.8 Å². The predicted octanol–water partition coefficient (Wildman–Crippen LogP) is 6.93. The van der Waals surface area contributed by atoms with Gasteiger partial charge in [0.1, 0.15) is 11.8 Å². The van der Waals surface area contributed by atoms with Gasteiger partial charge in [-0.05, 0) is 71.1 Å². The molecule has 1 heterocycles. The largest absolute Gasteiger partial charge is 0.497 e. The summed E-state index contributed by atoms with van der Waals surface area (Å²) in [6, 6.07) is 28.7. The van der Waals surface area contributed by atoms with Gasteiger partial charge in [0, 0.05) is 51.0 Å². The minimum absolute atomic E-state index is 0.133. The number of halogens is 3. The Kier molecular flexibility index (Phi) is 13.9. The van der Waals surface area contributed by atoms with Crippen LogP contribution < -0.4 is 15.0 Å². The topological polar surface area (TPSA) is 80.3 Å². The van der Waals surface area contributed by atoms with Gasteiger partial charge in [-0.15, -0.1) is 0 Å². The first-order valence-corrected chi connectivity index (χ1v) is 17.3. The number of morpholine rings is 1. The molecule has 2 amide bonds. The molecule has 52 heavy (non-hydrogen) atoms. The van der Waals surface area contributed by atoms with E-state index in [2.05, 4.69) is 10.2 Å². The quantitative estimate of drug-likeness (QED) is 0.100. The Morgan fingerprint density at radius 3 is 2.31 bits per heavy atom. The van der Waals surface area contributed by atoms with Crippen molar-refractivity contribution in [3.05, 3.63) is 137 Å². The van der Waals surface area contributed by atoms with E-state index in [1.165, 1.54) is 29.2 Å². The zero-order chi connectivity index (χ0) is 36.8. The molecule has 1 aliphatic rings. The molecule has 1 unspecified atom stereocenters. The number of amides is 2. The van der Waals surface area contributed by atoms with Crippen LogP contribution in [-0.4, -0.2) is 69.3 Å². The van der Waals surface area contributed by atoms with Gasteiger partial charge >= 0.3 is 6.18 Å². The van der Waals surface area contributed by atoms with Gasteiger partial charge in [-0.2, -0.15) is 13.2 Å². The van der Waals surface area contributed by atoms with E-state index in [0.29, 0.717) is 45.0 Å². The van der Waals surface area contributed by atoms with Crippen molar-refractivity contribution < 1.29 is 37.0 Å². The normalized spacial score (nSPS) is 13.9. The number of hydrogen-bond acceptors (Lipinski definition) is 6. The highest BCUT2D eigenvalue weighted by Crippen LogP contribution is 2.29. The molecule has 1 aliphatic heterocycles. The smallest absolute Gasteiger partial charge is 0.416 e. The Morgan fingerprint density at radius 1 is 0.904 bits per heavy atom. The van der Waals surface area contributed by atoms with Gasteiger partial charge in [-0.25, -0.2) is 0 Å². The second kappa shape index (κ2) is 18.9. The number of methoxy groups -OCH3 is 1. The Bertz CT molecular complexity index is 1740. The van der Waals surface area contributed by atoms with Crippen LogP contribution in [0.2, 0.25) is 0 Å². The first-order chi connectivity index (χ1) is 25.2. The second-order valence-electron chi connectivity index (χ2n) is 12.4. The number of nitrogens with one attached hydrogen (secondary N) is 1. The summed E-state index contributed by atoms with van der Waals surface area (Å²) in [6.07, 6.45) is -0.883. The van der Waals surface area contributed by atoms with Crippen LogP contribution in [0.25, 0.3) is 6.08 Å². The summed E-state index contributed by atoms with van der Waals surface area (Å²) in [6.45, 7) is 4.15. The van der Waals surface area contributed by atoms with Crippen LogP contribution in [0.3, 0.4) is 0 Å². The van der Waals surface area contributed by atoms with Crippen molar-refractivity contribution in [3.8, 4) is 5.75 Å². The monoisotopic (exact) mass is 715 g/mol. The molecule has 0 spiro atoms. The van der Waals surface area contributed by atoms with E-state index in [1.807, 2.05) is 78.9 Å². The Balaban J connectivity index is 1.32. The second-order valence-corrected chi connectivity index (χ2v) is 12.4. The van der Waals surface area contributed by atoms with Gasteiger partial charge in [0.15, 0.2) is 0 Å². The highest BCUT2D eigenvalue weighted by atomic mass is 19.4. The van der Waals surface area contributed by atoms with Crippen molar-refractivity contribution in [2.75, 3.05) is 51.5 Å². The van der Waals surface area contributed by atoms with E-state index >= 15 is 0 Å². The van der Waals surface area contributed by atoms with Gasteiger partial charge in [0.05, 0.1) is 32.5 Å². The van der Waals surface area contributed by atoms with Crippen molar-refractivity contribution >= 4 is 23.6 Å². The summed E-state index contributed by atoms with van der Waals surface area (Å²) in [5.74, 6) is -0.0214. The molecule has 0 saturated carbocycles. The highest BCUT2D eigenvalue weighted by molar-refractivity contribution is 5.95. The van der Waals surface area contributed by atoms with Gasteiger partial charge in [0.25, 0.3) is 0 Å². The van der Waals surface area contributed by atoms with Crippen molar-refractivity contribution in [1.29, 1.82) is 0 Å². The number of alkyl halides is 3. The summed E-state index contributed by atoms with van der Waals surface area (Å²) in [7, 11) is 1.61. The number of carbonyl (C=O) groups excluding carboxylic acids is 2. The number of hydrogen-bond donors (Lipinski definition) is 1. The zero-order valence-electron chi connectivity index (χ0n) is 29.2. The lowest BCUT2D eigenvalue weighted by Crippen LogP contribution is -2.50. The number of ether oxygens (including phenoxy) is 3. The fourth-order valence-corrected chi connectivity index (χ4v) is 5.86. The number of anilines is 1. The Labute approximate surface area is 302 Å². The van der Waals surface area contributed by atoms with Crippen LogP contribution in [0.4, 0.5) is 18.9 Å². The molecule has 8 nitrogen and oxygen atoms in total. The molecule has 0 aromatic heterocycles. The first-order valence-electron chi connectivity index (χ1n) is 17.3. The minimum atomic E-state index is -4.47. The summed E-state index contributed by atoms with van der Waals surface area (Å²) in [5, 5.41) is 3.01. The van der Waals surface area contributed by atoms with Crippen LogP contribution in [0.1, 0.15) is 34.2 Å². The van der Waals surface area contributed by atoms with Crippen molar-refractivity contribution in [3.63, 3.8) is 0 Å². The molecule has 4 aromatic carbocycles. The minimum Gasteiger partial charge on any atom is -0.497 e. The summed E-state index contributed by atoms with van der Waals surface area (Å²) in [4.78, 5) is 31.7. The maximum absolute atomic E-state index is 14.0. The molecule has 0 bridgehead atoms. The van der Waals surface area contributed by atoms with Crippen LogP contribution in [0.5, 0.6) is 5.75 Å². The standard InChI is InChI=1S/C41H44F3N3O5/c1-50-37-10-5-9-34(27-37)30-52-24-6-21-45-40(49)38(28-32-7-3-2-4-8-32)47(29-33-13-18-36(19-14-33)46-22-25-51-26-23-46)39(48)20-15-31-11-16-35(17-12-31)41(42,43)44/h2-5,7-20,27,38H,6,21-26,28-30H2,1H3,(H,45,49). The Hall–Kier alpha value is -5.13. The molecule has 0 aliphatic carbocycles. The predicted molar refractivity (Wildman–Crippen MR) is 195 cm³/mol. The van der Waals surface area contributed by atoms with Crippen molar-refractivity contribution in [2.24, 2.45) is 0 Å². The molecule has 1 saturated heterocycles. The first kappa shape index (κ1) is 38.1. The molecule has 11 heteroatoms. The van der Waals surface area contributed by atoms with E-state index in [1.54, 1.807) is 7.11 Å². The van der Waals surface area contributed by atoms with Crippen molar-refractivity contribution in [2.45, 2.75) is 38.2 Å². The average Bonchev–Trinajstić information content (AvgIpc) is 3.17. The SMILES string of the molecule is COc1cccc(COCCCNC(=O)C(Cc2ccccc2)N(Cc2ccc(N3CCOCC3)cc2)C(=O)C=Cc2ccc(C(F)(F)F)cc2)c1. The maximum Gasteiger partial charge on any atom is 0.416 e. The molecular weight excluding hydrogens is 671 g/mol. The van der Waals surface area contributed by atoms with E-state index in [4.69, 9.17) is 14.2 Å². The molecule has 1 atom stereocenters. The lowest BCUT2D eigenvalue weighted by Gasteiger charge is -2.31. The van der Waals surface area contributed by atoms with E-state index in [0.717, 1.165) is 53.3 Å². The van der Waals surface area contributed by atoms with E-state index < -0.39 is 23.7 Å². The number of nitrogens with zero attached hydrogens (tertiary/aromatic N) is 2. The number of carbonyl (C=O) groups is 2. The fraction of sp³-hybridized carbons (Fsp3) is 0.317. The molecule has 0 radical (unpaired) electrons. The van der Waals surface area contributed by atoms with Gasteiger partial charge < -0.3 is 29.3 Å². The average molecular weight is 716 g/mol. The molecule has 1 fully saturated rings. The molecule has 274 valence electrons. The van der Waals surface area contributed by atoms with Crippen LogP contribution >= 0.6 is 0 Å². The van der Waals surface area contributed by atoms with Crippen LogP contribution in [0, 0.1) is 0 Å². The molecule has 5 rings (SSSR count). The summed E-state index contributed by atoms with van der Waals surface area (Å²) >= 11 is 0. The fourth-order valence-electron chi connectivity index (χ4n) is 5.86. The van der Waals surface area contributed by atoms with Crippen LogP contribution in [-0.2, 0) is 44.8 Å². The molecule has 1 N–H and O–H groups in total. The molecular formula is C41H44F3N3O5. The third-order valence-corrected chi connectivity index (χ3v) is 8.72. The lowest BCUT2D eigenvalue weighted by atomic mass is 10.0. The van der Waals surface area contributed by atoms with Crippen LogP contribution in [0.15, 0.2) is 109 Å². The van der Waals surface area contributed by atoms with Crippen molar-refractivity contribution in [1.82, 2.24) is 10.2 Å². The maximum atomic E-state index is 14.0. The zero-order valence-corrected chi connectivity index (χ0v) is 29.2. The third-order valence-electron chi connectivity index (χ3n) is 8.72. The summed E-state index contributed by atoms with van der Waals surface area (Å²) in [5.41, 5.74) is 3.36. The summed E-state index contributed by atoms with van der Waals surface area (Å²) < 4.78 is 56.0. The van der Waals surface area contributed by atoms with Gasteiger partial charge in [-0.1, -0.05) is 66.7 Å². The molecule has 4 aromatic rings. The van der Waals surface area contributed by atoms with E-state index in [-0.39, 0.29) is 18.9 Å². The lowest BCUT2D eigenvalue weighted by molar-refractivity contribution is -0.137. The highest BCUT2D eigenvalue weighted by Gasteiger charge is 2.31. The number of benzene rings is 4.